The van der Waals surface area contributed by atoms with Gasteiger partial charge in [-0.15, -0.1) is 0 Å². The van der Waals surface area contributed by atoms with Gasteiger partial charge >= 0.3 is 0 Å². The van der Waals surface area contributed by atoms with E-state index >= 15 is 0 Å². The zero-order chi connectivity index (χ0) is 19.0. The van der Waals surface area contributed by atoms with Crippen LogP contribution in [0, 0.1) is 20.8 Å². The Bertz CT molecular complexity index is 1070. The quantitative estimate of drug-likeness (QED) is 0.561. The van der Waals surface area contributed by atoms with Crippen molar-refractivity contribution in [1.29, 1.82) is 0 Å². The molecule has 3 aromatic rings. The van der Waals surface area contributed by atoms with Crippen LogP contribution >= 0.6 is 0 Å². The zero-order valence-corrected chi connectivity index (χ0v) is 16.3. The summed E-state index contributed by atoms with van der Waals surface area (Å²) in [7, 11) is 2.07. The Balaban J connectivity index is 1.91. The van der Waals surface area contributed by atoms with Crippen LogP contribution in [0.3, 0.4) is 0 Å². The number of hydrogen-bond donors (Lipinski definition) is 0. The first-order chi connectivity index (χ1) is 13.0. The third kappa shape index (κ3) is 3.43. The van der Waals surface area contributed by atoms with Gasteiger partial charge in [-0.3, -0.25) is 0 Å². The highest BCUT2D eigenvalue weighted by Gasteiger charge is 2.21. The summed E-state index contributed by atoms with van der Waals surface area (Å²) in [4.78, 5) is 0. The van der Waals surface area contributed by atoms with Gasteiger partial charge in [-0.05, 0) is 55.7 Å². The van der Waals surface area contributed by atoms with Gasteiger partial charge in [0.2, 0.25) is 5.69 Å². The van der Waals surface area contributed by atoms with Gasteiger partial charge in [-0.1, -0.05) is 35.9 Å². The van der Waals surface area contributed by atoms with Crippen LogP contribution in [0.1, 0.15) is 33.5 Å². The van der Waals surface area contributed by atoms with Crippen LogP contribution in [0.15, 0.2) is 66.9 Å². The van der Waals surface area contributed by atoms with Gasteiger partial charge in [-0.2, -0.15) is 0 Å². The maximum atomic E-state index is 6.36. The minimum Gasteiger partial charge on any atom is -0.456 e. The summed E-state index contributed by atoms with van der Waals surface area (Å²) in [5, 5.41) is 0. The number of pyridine rings is 1. The Hall–Kier alpha value is -3.13. The molecule has 134 valence electrons. The van der Waals surface area contributed by atoms with E-state index in [9.17, 15) is 0 Å². The summed E-state index contributed by atoms with van der Waals surface area (Å²) in [6.45, 7) is 6.35. The molecule has 0 fully saturated rings. The van der Waals surface area contributed by atoms with Gasteiger partial charge in [0.05, 0.1) is 0 Å². The first-order valence-electron chi connectivity index (χ1n) is 9.26. The van der Waals surface area contributed by atoms with Crippen LogP contribution < -0.4 is 9.30 Å². The van der Waals surface area contributed by atoms with Gasteiger partial charge in [0.25, 0.3) is 0 Å². The van der Waals surface area contributed by atoms with E-state index in [4.69, 9.17) is 4.74 Å². The molecule has 0 radical (unpaired) electrons. The SMILES string of the molecule is Cc1ccc(C2=C/C(=C\c3cccc[n+]3C)c3cc(C)cc(C)c3O2)cc1. The number of allylic oxidation sites excluding steroid dienone is 2. The van der Waals surface area contributed by atoms with Crippen molar-refractivity contribution in [2.24, 2.45) is 7.05 Å². The number of rotatable bonds is 2. The molecule has 1 aliphatic rings. The van der Waals surface area contributed by atoms with Crippen molar-refractivity contribution in [2.45, 2.75) is 20.8 Å². The lowest BCUT2D eigenvalue weighted by molar-refractivity contribution is -0.673. The monoisotopic (exact) mass is 354 g/mol. The lowest BCUT2D eigenvalue weighted by Crippen LogP contribution is -2.30. The Kier molecular flexibility index (Phi) is 4.41. The fraction of sp³-hybridized carbons (Fsp3) is 0.160. The second-order valence-corrected chi connectivity index (χ2v) is 7.27. The highest BCUT2D eigenvalue weighted by molar-refractivity contribution is 5.95. The van der Waals surface area contributed by atoms with Gasteiger partial charge in [0, 0.05) is 29.3 Å². The topological polar surface area (TPSA) is 13.1 Å². The van der Waals surface area contributed by atoms with Crippen LogP contribution in [0.2, 0.25) is 0 Å². The molecule has 0 amide bonds. The van der Waals surface area contributed by atoms with Crippen LogP contribution in [0.25, 0.3) is 17.4 Å². The predicted molar refractivity (Wildman–Crippen MR) is 111 cm³/mol. The third-order valence-corrected chi connectivity index (χ3v) is 4.96. The normalized spacial score (nSPS) is 14.5. The summed E-state index contributed by atoms with van der Waals surface area (Å²) < 4.78 is 8.48. The van der Waals surface area contributed by atoms with E-state index in [2.05, 4.69) is 99.3 Å². The molecule has 0 unspecified atom stereocenters. The molecule has 2 heteroatoms. The third-order valence-electron chi connectivity index (χ3n) is 4.96. The summed E-state index contributed by atoms with van der Waals surface area (Å²) in [5.74, 6) is 1.84. The second kappa shape index (κ2) is 6.88. The molecule has 2 heterocycles. The van der Waals surface area contributed by atoms with Crippen molar-refractivity contribution in [1.82, 2.24) is 0 Å². The van der Waals surface area contributed by atoms with Crippen LogP contribution in [-0.4, -0.2) is 0 Å². The first-order valence-corrected chi connectivity index (χ1v) is 9.26. The summed E-state index contributed by atoms with van der Waals surface area (Å²) in [6, 6.07) is 19.1. The fourth-order valence-electron chi connectivity index (χ4n) is 3.49. The number of benzene rings is 2. The van der Waals surface area contributed by atoms with Crippen molar-refractivity contribution in [3.05, 3.63) is 100 Å². The lowest BCUT2D eigenvalue weighted by Gasteiger charge is -2.23. The molecule has 0 spiro atoms. The van der Waals surface area contributed by atoms with E-state index in [0.717, 1.165) is 33.9 Å². The minimum atomic E-state index is 0.888. The number of aromatic nitrogens is 1. The average Bonchev–Trinajstić information content (AvgIpc) is 2.64. The fourth-order valence-corrected chi connectivity index (χ4v) is 3.49. The van der Waals surface area contributed by atoms with Crippen molar-refractivity contribution in [3.8, 4) is 5.75 Å². The lowest BCUT2D eigenvalue weighted by atomic mass is 9.94. The molecule has 27 heavy (non-hydrogen) atoms. The molecule has 0 N–H and O–H groups in total. The van der Waals surface area contributed by atoms with E-state index in [1.807, 2.05) is 6.07 Å². The Morgan fingerprint density at radius 3 is 2.41 bits per heavy atom. The molecule has 0 bridgehead atoms. The minimum absolute atomic E-state index is 0.888. The molecule has 2 aromatic carbocycles. The molecular formula is C25H24NO+. The maximum Gasteiger partial charge on any atom is 0.205 e. The van der Waals surface area contributed by atoms with Crippen molar-refractivity contribution >= 4 is 17.4 Å². The second-order valence-electron chi connectivity index (χ2n) is 7.27. The molecule has 0 saturated heterocycles. The number of ether oxygens (including phenoxy) is 1. The number of nitrogens with zero attached hydrogens (tertiary/aromatic N) is 1. The van der Waals surface area contributed by atoms with Crippen molar-refractivity contribution in [2.75, 3.05) is 0 Å². The van der Waals surface area contributed by atoms with Gasteiger partial charge in [-0.25, -0.2) is 4.57 Å². The molecular weight excluding hydrogens is 330 g/mol. The Labute approximate surface area is 161 Å². The molecule has 0 saturated carbocycles. The van der Waals surface area contributed by atoms with E-state index in [0.29, 0.717) is 0 Å². The van der Waals surface area contributed by atoms with Crippen LogP contribution in [-0.2, 0) is 7.05 Å². The smallest absolute Gasteiger partial charge is 0.205 e. The number of hydrogen-bond acceptors (Lipinski definition) is 1. The molecule has 4 rings (SSSR count). The average molecular weight is 354 g/mol. The van der Waals surface area contributed by atoms with Crippen molar-refractivity contribution in [3.63, 3.8) is 0 Å². The van der Waals surface area contributed by atoms with E-state index < -0.39 is 0 Å². The zero-order valence-electron chi connectivity index (χ0n) is 16.3. The summed E-state index contributed by atoms with van der Waals surface area (Å²) in [5.41, 5.74) is 8.20. The molecule has 0 aliphatic carbocycles. The largest absolute Gasteiger partial charge is 0.456 e. The van der Waals surface area contributed by atoms with Crippen LogP contribution in [0.4, 0.5) is 0 Å². The van der Waals surface area contributed by atoms with E-state index in [1.165, 1.54) is 16.7 Å². The molecule has 0 atom stereocenters. The van der Waals surface area contributed by atoms with Gasteiger partial charge in [0.15, 0.2) is 6.20 Å². The Morgan fingerprint density at radius 1 is 0.889 bits per heavy atom. The number of aryl methyl sites for hydroxylation is 4. The highest BCUT2D eigenvalue weighted by atomic mass is 16.5. The Morgan fingerprint density at radius 2 is 1.67 bits per heavy atom. The summed E-state index contributed by atoms with van der Waals surface area (Å²) >= 11 is 0. The van der Waals surface area contributed by atoms with E-state index in [-0.39, 0.29) is 0 Å². The standard InChI is InChI=1S/C25H24NO/c1-17-8-10-20(11-9-17)24-16-21(15-22-7-5-6-12-26(22)4)23-14-18(2)13-19(3)25(23)27-24/h5-16H,1-4H3/q+1/b21-15+. The van der Waals surface area contributed by atoms with Crippen LogP contribution in [0.5, 0.6) is 5.75 Å². The predicted octanol–water partition coefficient (Wildman–Crippen LogP) is 5.41. The van der Waals surface area contributed by atoms with Crippen molar-refractivity contribution < 1.29 is 9.30 Å². The van der Waals surface area contributed by atoms with Gasteiger partial charge < -0.3 is 4.74 Å². The number of fused-ring (bicyclic) bond motifs is 1. The first kappa shape index (κ1) is 17.3. The highest BCUT2D eigenvalue weighted by Crippen LogP contribution is 2.40. The van der Waals surface area contributed by atoms with Gasteiger partial charge in [0.1, 0.15) is 18.6 Å². The molecule has 1 aromatic heterocycles. The molecule has 1 aliphatic heterocycles. The maximum absolute atomic E-state index is 6.36. The molecule has 2 nitrogen and oxygen atoms in total. The summed E-state index contributed by atoms with van der Waals surface area (Å²) in [6.07, 6.45) is 6.45. The van der Waals surface area contributed by atoms with E-state index in [1.54, 1.807) is 0 Å².